The third kappa shape index (κ3) is 5.68. The number of hydrogen-bond donors (Lipinski definition) is 1. The van der Waals surface area contributed by atoms with Crippen LogP contribution in [0.4, 0.5) is 13.2 Å². The third-order valence-corrected chi connectivity index (χ3v) is 8.91. The van der Waals surface area contributed by atoms with Gasteiger partial charge >= 0.3 is 5.97 Å². The number of fused-ring (bicyclic) bond motifs is 2. The maximum Gasteiger partial charge on any atom is 0.335 e. The minimum absolute atomic E-state index is 0.0445. The summed E-state index contributed by atoms with van der Waals surface area (Å²) >= 11 is 6.12. The largest absolute Gasteiger partial charge is 0.478 e. The van der Waals surface area contributed by atoms with Gasteiger partial charge in [0.1, 0.15) is 24.1 Å². The van der Waals surface area contributed by atoms with Gasteiger partial charge in [-0.05, 0) is 84.0 Å². The van der Waals surface area contributed by atoms with Crippen molar-refractivity contribution in [2.45, 2.75) is 45.3 Å². The molecule has 45 heavy (non-hydrogen) atoms. The number of pyridine rings is 1. The molecule has 0 amide bonds. The monoisotopic (exact) mass is 629 g/mol. The van der Waals surface area contributed by atoms with Crippen molar-refractivity contribution < 1.29 is 27.8 Å². The second-order valence-electron chi connectivity index (χ2n) is 11.6. The summed E-state index contributed by atoms with van der Waals surface area (Å²) < 4.78 is 52.2. The van der Waals surface area contributed by atoms with Crippen LogP contribution in [0.1, 0.15) is 57.7 Å². The molecule has 0 saturated heterocycles. The quantitative estimate of drug-likeness (QED) is 0.177. The molecule has 228 valence electrons. The van der Waals surface area contributed by atoms with E-state index in [4.69, 9.17) is 21.3 Å². The number of imidazole rings is 1. The lowest BCUT2D eigenvalue weighted by molar-refractivity contribution is 0.0697. The highest BCUT2D eigenvalue weighted by molar-refractivity contribution is 6.32. The number of nitrogens with zero attached hydrogens (tertiary/aromatic N) is 3. The van der Waals surface area contributed by atoms with Gasteiger partial charge in [0.15, 0.2) is 5.82 Å². The van der Waals surface area contributed by atoms with E-state index in [1.807, 2.05) is 4.57 Å². The highest BCUT2D eigenvalue weighted by Crippen LogP contribution is 2.34. The molecule has 5 aromatic rings. The molecule has 2 aliphatic rings. The first-order valence-corrected chi connectivity index (χ1v) is 15.1. The minimum atomic E-state index is -1.01. The molecule has 0 bridgehead atoms. The van der Waals surface area contributed by atoms with E-state index in [-0.39, 0.29) is 30.3 Å². The lowest BCUT2D eigenvalue weighted by Crippen LogP contribution is -2.19. The molecular formula is C35H27ClF3N3O3. The average Bonchev–Trinajstić information content (AvgIpc) is 3.56. The lowest BCUT2D eigenvalue weighted by atomic mass is 9.85. The van der Waals surface area contributed by atoms with Crippen LogP contribution in [0.2, 0.25) is 0 Å². The number of halogens is 4. The van der Waals surface area contributed by atoms with Crippen LogP contribution in [0.25, 0.3) is 28.4 Å². The number of hydrogen-bond acceptors (Lipinski definition) is 4. The number of allylic oxidation sites excluding steroid dienone is 1. The summed E-state index contributed by atoms with van der Waals surface area (Å²) in [5.74, 6) is -1.67. The van der Waals surface area contributed by atoms with Crippen LogP contribution < -0.4 is 4.74 Å². The zero-order chi connectivity index (χ0) is 31.2. The number of carboxylic acid groups (broad SMARTS) is 1. The van der Waals surface area contributed by atoms with Crippen molar-refractivity contribution in [1.82, 2.24) is 14.5 Å². The minimum Gasteiger partial charge on any atom is -0.478 e. The molecule has 1 fully saturated rings. The van der Waals surface area contributed by atoms with E-state index < -0.39 is 17.6 Å². The molecule has 2 heterocycles. The predicted molar refractivity (Wildman–Crippen MR) is 165 cm³/mol. The first-order valence-electron chi connectivity index (χ1n) is 14.7. The summed E-state index contributed by atoms with van der Waals surface area (Å²) in [7, 11) is 0. The molecule has 2 aliphatic carbocycles. The summed E-state index contributed by atoms with van der Waals surface area (Å²) in [6.07, 6.45) is 5.50. The number of aromatic carboxylic acids is 1. The van der Waals surface area contributed by atoms with Crippen molar-refractivity contribution in [3.63, 3.8) is 0 Å². The Morgan fingerprint density at radius 2 is 1.76 bits per heavy atom. The topological polar surface area (TPSA) is 77.2 Å². The van der Waals surface area contributed by atoms with Crippen LogP contribution in [0.15, 0.2) is 65.7 Å². The summed E-state index contributed by atoms with van der Waals surface area (Å²) in [5.41, 5.74) is 4.51. The Balaban J connectivity index is 1.13. The number of rotatable bonds is 9. The fraction of sp³-hybridized carbons (Fsp3) is 0.229. The highest BCUT2D eigenvalue weighted by atomic mass is 35.5. The Bertz CT molecular complexity index is 2020. The Hall–Kier alpha value is -4.63. The number of benzene rings is 3. The van der Waals surface area contributed by atoms with Crippen LogP contribution in [0.5, 0.6) is 5.88 Å². The summed E-state index contributed by atoms with van der Waals surface area (Å²) in [6.45, 7) is 0.651. The van der Waals surface area contributed by atoms with Gasteiger partial charge in [-0.2, -0.15) is 0 Å². The average molecular weight is 630 g/mol. The molecule has 0 radical (unpaired) electrons. The molecule has 10 heteroatoms. The van der Waals surface area contributed by atoms with Crippen molar-refractivity contribution in [2.75, 3.05) is 0 Å². The Kier molecular flexibility index (Phi) is 7.57. The molecule has 1 saturated carbocycles. The van der Waals surface area contributed by atoms with Crippen LogP contribution in [0, 0.1) is 23.4 Å². The van der Waals surface area contributed by atoms with Gasteiger partial charge in [0.25, 0.3) is 5.88 Å². The maximum absolute atomic E-state index is 15.6. The fourth-order valence-corrected chi connectivity index (χ4v) is 6.23. The zero-order valence-electron chi connectivity index (χ0n) is 24.0. The van der Waals surface area contributed by atoms with Gasteiger partial charge in [-0.25, -0.2) is 27.9 Å². The molecule has 7 rings (SSSR count). The fourth-order valence-electron chi connectivity index (χ4n) is 5.99. The number of ether oxygens (including phenoxy) is 1. The third-order valence-electron chi connectivity index (χ3n) is 8.66. The second kappa shape index (κ2) is 11.7. The SMILES string of the molecule is O=C(O)c1ccc2nc(Cc3ccc(-c4ccc(F)c(OCc5ccc(F)c6c5CC(Cl)=C6)n4)cc3F)n(CC3CCC3)c2c1. The lowest BCUT2D eigenvalue weighted by Gasteiger charge is -2.26. The Morgan fingerprint density at radius 3 is 2.51 bits per heavy atom. The van der Waals surface area contributed by atoms with Gasteiger partial charge < -0.3 is 14.4 Å². The number of aromatic nitrogens is 3. The summed E-state index contributed by atoms with van der Waals surface area (Å²) in [6, 6.07) is 15.1. The molecule has 0 unspecified atom stereocenters. The first-order chi connectivity index (χ1) is 21.7. The van der Waals surface area contributed by atoms with E-state index in [0.29, 0.717) is 68.8 Å². The van der Waals surface area contributed by atoms with E-state index in [0.717, 1.165) is 24.8 Å². The number of carbonyl (C=O) groups is 1. The van der Waals surface area contributed by atoms with Crippen LogP contribution >= 0.6 is 11.6 Å². The number of carboxylic acids is 1. The predicted octanol–water partition coefficient (Wildman–Crippen LogP) is 8.32. The van der Waals surface area contributed by atoms with Crippen molar-refractivity contribution in [2.24, 2.45) is 5.92 Å². The van der Waals surface area contributed by atoms with E-state index >= 15 is 4.39 Å². The maximum atomic E-state index is 15.6. The molecule has 1 N–H and O–H groups in total. The van der Waals surface area contributed by atoms with Gasteiger partial charge in [-0.15, -0.1) is 0 Å². The summed E-state index contributed by atoms with van der Waals surface area (Å²) in [5, 5.41) is 10.0. The zero-order valence-corrected chi connectivity index (χ0v) is 24.8. The van der Waals surface area contributed by atoms with Gasteiger partial charge in [0.2, 0.25) is 0 Å². The normalized spacial score (nSPS) is 14.4. The smallest absolute Gasteiger partial charge is 0.335 e. The van der Waals surface area contributed by atoms with E-state index in [1.54, 1.807) is 36.4 Å². The van der Waals surface area contributed by atoms with E-state index in [2.05, 4.69) is 4.98 Å². The van der Waals surface area contributed by atoms with Gasteiger partial charge in [0, 0.05) is 35.5 Å². The highest BCUT2D eigenvalue weighted by Gasteiger charge is 2.23. The Labute approximate surface area is 261 Å². The van der Waals surface area contributed by atoms with E-state index in [1.165, 1.54) is 30.3 Å². The van der Waals surface area contributed by atoms with E-state index in [9.17, 15) is 18.7 Å². The molecule has 2 aromatic heterocycles. The summed E-state index contributed by atoms with van der Waals surface area (Å²) in [4.78, 5) is 20.7. The van der Waals surface area contributed by atoms with Crippen LogP contribution in [0.3, 0.4) is 0 Å². The molecule has 3 aromatic carbocycles. The van der Waals surface area contributed by atoms with Gasteiger partial charge in [-0.1, -0.05) is 36.2 Å². The van der Waals surface area contributed by atoms with Crippen LogP contribution in [-0.4, -0.2) is 25.6 Å². The molecule has 0 atom stereocenters. The second-order valence-corrected chi connectivity index (χ2v) is 12.1. The van der Waals surface area contributed by atoms with Gasteiger partial charge in [0.05, 0.1) is 22.3 Å². The Morgan fingerprint density at radius 1 is 0.956 bits per heavy atom. The molecule has 0 spiro atoms. The van der Waals surface area contributed by atoms with Crippen molar-refractivity contribution >= 4 is 34.7 Å². The van der Waals surface area contributed by atoms with Gasteiger partial charge in [-0.3, -0.25) is 0 Å². The van der Waals surface area contributed by atoms with Crippen molar-refractivity contribution in [1.29, 1.82) is 0 Å². The molecule has 6 nitrogen and oxygen atoms in total. The molecular weight excluding hydrogens is 603 g/mol. The van der Waals surface area contributed by atoms with Crippen molar-refractivity contribution in [3.05, 3.63) is 117 Å². The van der Waals surface area contributed by atoms with Crippen LogP contribution in [-0.2, 0) is 26.0 Å². The standard InChI is InChI=1S/C35H27ClF3N3O3/c36-24-15-25-23(6-8-27(37)26(25)16-24)18-45-34-28(38)9-11-30(41-34)21-5-4-20(29(39)12-21)14-33-40-31-10-7-22(35(43)44)13-32(31)42(33)17-19-2-1-3-19/h4-13,16,19H,1-3,14-15,17-18H2,(H,43,44). The molecule has 0 aliphatic heterocycles. The van der Waals surface area contributed by atoms with Crippen molar-refractivity contribution in [3.8, 4) is 17.1 Å². The first kappa shape index (κ1) is 29.1.